The summed E-state index contributed by atoms with van der Waals surface area (Å²) in [6, 6.07) is 13.1. The minimum absolute atomic E-state index is 0. The molecule has 1 fully saturated rings. The van der Waals surface area contributed by atoms with E-state index < -0.39 is 12.0 Å². The predicted molar refractivity (Wildman–Crippen MR) is 156 cm³/mol. The SMILES string of the molecule is [CH2-]C1CCC1.[CH2-]CCCc1ccc2c(n1)NCCC2.[CH2-]COc1ccccc1.[CH2-]C[C@H](N[C-]=O)C(=O)O.[CH3-].[Li+].[Li+]. The second-order valence-corrected chi connectivity index (χ2v) is 8.68. The van der Waals surface area contributed by atoms with E-state index in [4.69, 9.17) is 9.84 Å². The van der Waals surface area contributed by atoms with Crippen LogP contribution in [0.1, 0.15) is 56.2 Å². The fourth-order valence-corrected chi connectivity index (χ4v) is 3.27. The van der Waals surface area contributed by atoms with E-state index in [-0.39, 0.29) is 51.6 Å². The molecule has 2 aliphatic rings. The Kier molecular flexibility index (Phi) is 29.0. The quantitative estimate of drug-likeness (QED) is 0.235. The van der Waals surface area contributed by atoms with Crippen LogP contribution in [-0.2, 0) is 22.4 Å². The number of nitrogens with zero attached hydrogens (tertiary/aromatic N) is 1. The third kappa shape index (κ3) is 19.2. The van der Waals surface area contributed by atoms with Gasteiger partial charge in [-0.25, -0.2) is 4.98 Å². The molecule has 0 unspecified atom stereocenters. The van der Waals surface area contributed by atoms with Crippen LogP contribution >= 0.6 is 0 Å². The Balaban J connectivity index is -0.000000469. The first-order chi connectivity index (χ1) is 17.9. The van der Waals surface area contributed by atoms with Crippen molar-refractivity contribution in [3.05, 3.63) is 88.8 Å². The molecule has 1 aromatic carbocycles. The van der Waals surface area contributed by atoms with Crippen LogP contribution in [0.3, 0.4) is 0 Å². The number of nitrogens with one attached hydrogen (secondary N) is 2. The molecule has 0 spiro atoms. The van der Waals surface area contributed by atoms with Gasteiger partial charge < -0.3 is 60.4 Å². The van der Waals surface area contributed by atoms with Gasteiger partial charge in [0, 0.05) is 12.2 Å². The summed E-state index contributed by atoms with van der Waals surface area (Å²) in [5, 5.41) is 13.5. The summed E-state index contributed by atoms with van der Waals surface area (Å²) in [5.41, 5.74) is 2.57. The summed E-state index contributed by atoms with van der Waals surface area (Å²) >= 11 is 0. The Morgan fingerprint density at radius 2 is 1.77 bits per heavy atom. The molecule has 4 rings (SSSR count). The van der Waals surface area contributed by atoms with Crippen LogP contribution in [0.4, 0.5) is 5.82 Å². The van der Waals surface area contributed by atoms with E-state index in [1.165, 1.54) is 49.8 Å². The molecule has 1 saturated carbocycles. The van der Waals surface area contributed by atoms with E-state index in [1.807, 2.05) is 35.6 Å². The van der Waals surface area contributed by atoms with Crippen molar-refractivity contribution in [2.24, 2.45) is 5.92 Å². The number of rotatable bonds is 9. The molecule has 3 N–H and O–H groups in total. The smallest absolute Gasteiger partial charge is 0.525 e. The molecule has 1 atom stereocenters. The molecule has 214 valence electrons. The van der Waals surface area contributed by atoms with Crippen LogP contribution in [0.25, 0.3) is 0 Å². The maximum Gasteiger partial charge on any atom is 1.00 e. The summed E-state index contributed by atoms with van der Waals surface area (Å²) in [5.74, 6) is 1.72. The third-order valence-corrected chi connectivity index (χ3v) is 5.69. The van der Waals surface area contributed by atoms with E-state index in [2.05, 4.69) is 50.1 Å². The van der Waals surface area contributed by atoms with Gasteiger partial charge in [-0.1, -0.05) is 49.9 Å². The van der Waals surface area contributed by atoms with Crippen LogP contribution < -0.4 is 53.1 Å². The molecule has 0 radical (unpaired) electrons. The Morgan fingerprint density at radius 1 is 1.12 bits per heavy atom. The third-order valence-electron chi connectivity index (χ3n) is 5.69. The number of para-hydroxylation sites is 1. The van der Waals surface area contributed by atoms with Gasteiger partial charge in [-0.2, -0.15) is 25.2 Å². The zero-order chi connectivity index (χ0) is 27.3. The van der Waals surface area contributed by atoms with Crippen molar-refractivity contribution < 1.29 is 57.2 Å². The standard InChI is InChI=1S/C12H17N2.C8H9O.C5H7NO3.C5H9.CH3.2Li/c1-2-3-6-11-8-7-10-5-4-9-13-12(10)14-11;1-2-9-8-6-4-3-5-7-8;1-2-4(5(8)9)6-3-7;1-5-3-2-4-5;;;/h7-8H,1-6,9H2,(H,13,14);3-7H,1-2H2;4H,1-2H2,(H,6,7)(H,8,9);5H,1-4H2;1H3;;/q2*-1;-2;2*-1;2*+1/t;;4-;;;;/m..0..../s1. The summed E-state index contributed by atoms with van der Waals surface area (Å²) < 4.78 is 5.09. The first-order valence-electron chi connectivity index (χ1n) is 12.9. The zero-order valence-electron chi connectivity index (χ0n) is 24.9. The van der Waals surface area contributed by atoms with Crippen molar-refractivity contribution >= 4 is 18.2 Å². The molecule has 2 aromatic rings. The minimum Gasteiger partial charge on any atom is -0.525 e. The average Bonchev–Trinajstić information content (AvgIpc) is 2.91. The van der Waals surface area contributed by atoms with E-state index in [9.17, 15) is 9.59 Å². The summed E-state index contributed by atoms with van der Waals surface area (Å²) in [4.78, 5) is 24.2. The van der Waals surface area contributed by atoms with Gasteiger partial charge in [0.25, 0.3) is 0 Å². The van der Waals surface area contributed by atoms with Gasteiger partial charge in [-0.15, -0.1) is 0 Å². The molecule has 0 bridgehead atoms. The number of carbonyl (C=O) groups excluding carboxylic acids is 1. The molecular formula is C31H45Li2N3O4-4. The molecular weight excluding hydrogens is 492 g/mol. The van der Waals surface area contributed by atoms with Crippen molar-refractivity contribution in [3.63, 3.8) is 0 Å². The first-order valence-corrected chi connectivity index (χ1v) is 12.9. The van der Waals surface area contributed by atoms with Crippen molar-refractivity contribution in [2.45, 2.75) is 63.8 Å². The molecule has 0 saturated heterocycles. The second kappa shape index (κ2) is 27.3. The van der Waals surface area contributed by atoms with Crippen molar-refractivity contribution in [3.8, 4) is 5.75 Å². The van der Waals surface area contributed by atoms with E-state index >= 15 is 0 Å². The number of aromatic nitrogens is 1. The number of hydrogen-bond acceptors (Lipinski definition) is 5. The van der Waals surface area contributed by atoms with Crippen LogP contribution in [0.2, 0.25) is 0 Å². The predicted octanol–water partition coefficient (Wildman–Crippen LogP) is -0.105. The number of carboxylic acid groups (broad SMARTS) is 1. The van der Waals surface area contributed by atoms with Gasteiger partial charge in [-0.05, 0) is 49.6 Å². The minimum atomic E-state index is -1.09. The van der Waals surface area contributed by atoms with Crippen molar-refractivity contribution in [2.75, 3.05) is 18.5 Å². The summed E-state index contributed by atoms with van der Waals surface area (Å²) in [7, 11) is 0. The Morgan fingerprint density at radius 3 is 2.23 bits per heavy atom. The number of benzene rings is 1. The maximum atomic E-state index is 10.0. The van der Waals surface area contributed by atoms with Gasteiger partial charge >= 0.3 is 43.7 Å². The van der Waals surface area contributed by atoms with Crippen molar-refractivity contribution in [1.29, 1.82) is 0 Å². The number of unbranched alkanes of at least 4 members (excludes halogenated alkanes) is 1. The van der Waals surface area contributed by atoms with Gasteiger partial charge in [0.15, 0.2) is 0 Å². The molecule has 1 aromatic heterocycles. The molecule has 40 heavy (non-hydrogen) atoms. The topological polar surface area (TPSA) is 101 Å². The molecule has 1 aliphatic heterocycles. The number of pyridine rings is 1. The molecule has 2 heterocycles. The number of anilines is 1. The Hall–Kier alpha value is -1.90. The fraction of sp³-hybridized carbons (Fsp3) is 0.419. The number of ether oxygens (including phenoxy) is 1. The molecule has 9 heteroatoms. The van der Waals surface area contributed by atoms with Gasteiger partial charge in [0.2, 0.25) is 0 Å². The molecule has 1 aliphatic carbocycles. The van der Waals surface area contributed by atoms with Gasteiger partial charge in [0.1, 0.15) is 11.6 Å². The Bertz CT molecular complexity index is 884. The monoisotopic (exact) mass is 537 g/mol. The number of hydrogen-bond donors (Lipinski definition) is 3. The van der Waals surface area contributed by atoms with E-state index in [0.29, 0.717) is 6.61 Å². The maximum absolute atomic E-state index is 10.0. The zero-order valence-corrected chi connectivity index (χ0v) is 24.9. The first kappa shape index (κ1) is 42.6. The van der Waals surface area contributed by atoms with E-state index in [1.54, 1.807) is 0 Å². The van der Waals surface area contributed by atoms with Gasteiger partial charge in [0.05, 0.1) is 6.04 Å². The number of aliphatic carboxylic acids is 1. The number of aryl methyl sites for hydroxylation is 2. The van der Waals surface area contributed by atoms with Gasteiger partial charge in [-0.3, -0.25) is 4.79 Å². The number of amides is 1. The second-order valence-electron chi connectivity index (χ2n) is 8.68. The van der Waals surface area contributed by atoms with Crippen LogP contribution in [0, 0.1) is 41.0 Å². The molecule has 7 nitrogen and oxygen atoms in total. The summed E-state index contributed by atoms with van der Waals surface area (Å²) in [6.07, 6.45) is 11.2. The largest absolute Gasteiger partial charge is 1.00 e. The summed E-state index contributed by atoms with van der Waals surface area (Å²) in [6.45, 7) is 16.1. The van der Waals surface area contributed by atoms with Crippen LogP contribution in [0.5, 0.6) is 5.75 Å². The number of carboxylic acids is 1. The van der Waals surface area contributed by atoms with E-state index in [0.717, 1.165) is 43.3 Å². The van der Waals surface area contributed by atoms with Crippen LogP contribution in [0.15, 0.2) is 42.5 Å². The number of carbonyl (C=O) groups is 1. The normalized spacial score (nSPS) is 13.1. The average molecular weight is 538 g/mol. The fourth-order valence-electron chi connectivity index (χ4n) is 3.27. The van der Waals surface area contributed by atoms with Crippen molar-refractivity contribution in [1.82, 2.24) is 10.3 Å². The molecule has 1 amide bonds. The Labute approximate surface area is 267 Å². The van der Waals surface area contributed by atoms with Crippen LogP contribution in [-0.4, -0.2) is 41.7 Å². The number of fused-ring (bicyclic) bond motifs is 1.